The number of ketones is 1. The van der Waals surface area contributed by atoms with E-state index in [4.69, 9.17) is 11.5 Å². The Morgan fingerprint density at radius 3 is 2.20 bits per heavy atom. The van der Waals surface area contributed by atoms with Gasteiger partial charge >= 0.3 is 18.5 Å². The van der Waals surface area contributed by atoms with Gasteiger partial charge < -0.3 is 21.9 Å². The number of nitrogens with zero attached hydrogens (tertiary/aromatic N) is 4. The molecule has 20 heteroatoms. The number of carbonyl (C=O) groups is 2. The fraction of sp³-hybridized carbons (Fsp3) is 0.586. The van der Waals surface area contributed by atoms with Crippen LogP contribution in [-0.4, -0.2) is 92.8 Å². The van der Waals surface area contributed by atoms with Gasteiger partial charge in [-0.2, -0.15) is 44.6 Å². The molecule has 3 unspecified atom stereocenters. The van der Waals surface area contributed by atoms with E-state index in [0.29, 0.717) is 18.2 Å². The fourth-order valence-corrected chi connectivity index (χ4v) is 6.71. The van der Waals surface area contributed by atoms with E-state index in [9.17, 15) is 54.2 Å². The number of halogens is 10. The Morgan fingerprint density at radius 2 is 1.67 bits per heavy atom. The van der Waals surface area contributed by atoms with Gasteiger partial charge in [-0.25, -0.2) is 13.9 Å². The first kappa shape index (κ1) is 36.5. The van der Waals surface area contributed by atoms with Crippen LogP contribution in [0.3, 0.4) is 0 Å². The average Bonchev–Trinajstić information content (AvgIpc) is 3.65. The lowest BCUT2D eigenvalue weighted by Crippen LogP contribution is -2.61. The van der Waals surface area contributed by atoms with Crippen molar-refractivity contribution in [3.63, 3.8) is 0 Å². The number of hydrogen-bond acceptors (Lipinski definition) is 8. The maximum Gasteiger partial charge on any atom is 0.426 e. The van der Waals surface area contributed by atoms with Crippen LogP contribution >= 0.6 is 0 Å². The molecule has 0 aromatic carbocycles. The van der Waals surface area contributed by atoms with E-state index in [1.165, 1.54) is 12.1 Å². The molecule has 0 saturated carbocycles. The number of allylic oxidation sites excluding steroid dienone is 2. The minimum atomic E-state index is -6.46. The number of primary amides is 1. The summed E-state index contributed by atoms with van der Waals surface area (Å²) < 4.78 is 139. The summed E-state index contributed by atoms with van der Waals surface area (Å²) in [6.07, 6.45) is -20.4. The summed E-state index contributed by atoms with van der Waals surface area (Å²) in [4.78, 5) is 32.2. The zero-order valence-corrected chi connectivity index (χ0v) is 25.4. The number of rotatable bonds is 8. The highest BCUT2D eigenvalue weighted by Crippen LogP contribution is 2.50. The number of aromatic nitrogens is 3. The molecule has 0 bridgehead atoms. The number of Topliss-reactive ketones (excluding diaryl/α,β-unsaturated/α-hetero) is 1. The number of aliphatic hydroxyl groups is 1. The van der Waals surface area contributed by atoms with Crippen molar-refractivity contribution in [2.75, 3.05) is 31.9 Å². The minimum Gasteiger partial charge on any atom is -0.382 e. The molecule has 3 atom stereocenters. The minimum absolute atomic E-state index is 0.00211. The summed E-state index contributed by atoms with van der Waals surface area (Å²) in [6.45, 7) is 0.463. The van der Waals surface area contributed by atoms with Gasteiger partial charge in [-0.05, 0) is 73.7 Å². The standard InChI is InChI=1S/C29H31F10N7O3/c30-22-18(14-1-4-42-11-14)7-15(9-25(22,24(41)48)20(47)10-26(49,28(34,35)36)29(37,38)39)19-8-16(21-23(40)43-13-44-46(19)21)12-45-5-2-17(3-6-45)27(31,32)33/h7-9,13-14,17,22,42,49H,1-6,10-12H2,(H2,41,48)(H2,40,43,44). The van der Waals surface area contributed by atoms with Gasteiger partial charge in [0.1, 0.15) is 18.0 Å². The van der Waals surface area contributed by atoms with Crippen molar-refractivity contribution in [2.45, 2.75) is 62.5 Å². The van der Waals surface area contributed by atoms with Gasteiger partial charge in [0.2, 0.25) is 5.91 Å². The molecule has 2 saturated heterocycles. The Kier molecular flexibility index (Phi) is 9.33. The molecule has 270 valence electrons. The lowest BCUT2D eigenvalue weighted by atomic mass is 9.66. The van der Waals surface area contributed by atoms with Crippen molar-refractivity contribution in [2.24, 2.45) is 23.0 Å². The largest absolute Gasteiger partial charge is 0.426 e. The predicted octanol–water partition coefficient (Wildman–Crippen LogP) is 3.64. The molecular weight excluding hydrogens is 684 g/mol. The quantitative estimate of drug-likeness (QED) is 0.239. The number of piperidine rings is 1. The second-order valence-corrected chi connectivity index (χ2v) is 12.5. The molecule has 6 N–H and O–H groups in total. The predicted molar refractivity (Wildman–Crippen MR) is 152 cm³/mol. The van der Waals surface area contributed by atoms with Gasteiger partial charge in [0, 0.05) is 13.1 Å². The lowest BCUT2D eigenvalue weighted by Gasteiger charge is -2.39. The summed E-state index contributed by atoms with van der Waals surface area (Å²) in [5.74, 6) is -6.59. The number of anilines is 1. The SMILES string of the molecule is NC(=O)C1(C(=O)CC(O)(C(F)(F)F)C(F)(F)F)C=C(c2cc(CN3CCC(C(F)(F)F)CC3)c3c(N)ncnn23)C=C(C2CCNC2)C1F. The molecular formula is C29H31F10N7O3. The smallest absolute Gasteiger partial charge is 0.382 e. The molecule has 0 spiro atoms. The topological polar surface area (TPSA) is 152 Å². The average molecular weight is 716 g/mol. The third-order valence-corrected chi connectivity index (χ3v) is 9.55. The molecule has 10 nitrogen and oxygen atoms in total. The van der Waals surface area contributed by atoms with Crippen LogP contribution in [0.15, 0.2) is 30.1 Å². The third-order valence-electron chi connectivity index (χ3n) is 9.55. The highest BCUT2D eigenvalue weighted by atomic mass is 19.4. The lowest BCUT2D eigenvalue weighted by molar-refractivity contribution is -0.367. The van der Waals surface area contributed by atoms with Crippen LogP contribution in [0.25, 0.3) is 11.1 Å². The Hall–Kier alpha value is -3.78. The summed E-state index contributed by atoms with van der Waals surface area (Å²) in [7, 11) is 0. The van der Waals surface area contributed by atoms with Crippen molar-refractivity contribution in [3.8, 4) is 0 Å². The summed E-state index contributed by atoms with van der Waals surface area (Å²) in [5, 5.41) is 16.9. The molecule has 49 heavy (non-hydrogen) atoms. The zero-order chi connectivity index (χ0) is 36.3. The first-order valence-electron chi connectivity index (χ1n) is 15.0. The van der Waals surface area contributed by atoms with E-state index in [0.717, 1.165) is 10.8 Å². The molecule has 5 rings (SSSR count). The molecule has 1 amide bonds. The van der Waals surface area contributed by atoms with Crippen LogP contribution in [0.4, 0.5) is 49.7 Å². The maximum atomic E-state index is 16.5. The van der Waals surface area contributed by atoms with E-state index in [1.807, 2.05) is 0 Å². The van der Waals surface area contributed by atoms with Crippen LogP contribution in [-0.2, 0) is 16.1 Å². The van der Waals surface area contributed by atoms with Gasteiger partial charge in [0.25, 0.3) is 5.60 Å². The van der Waals surface area contributed by atoms with Gasteiger partial charge in [-0.1, -0.05) is 6.08 Å². The molecule has 3 aliphatic rings. The van der Waals surface area contributed by atoms with Crippen molar-refractivity contribution in [1.29, 1.82) is 0 Å². The van der Waals surface area contributed by atoms with E-state index >= 15 is 4.39 Å². The van der Waals surface area contributed by atoms with Crippen LogP contribution in [0, 0.1) is 17.3 Å². The number of likely N-dealkylation sites (tertiary alicyclic amines) is 1. The zero-order valence-electron chi connectivity index (χ0n) is 25.4. The number of nitrogen functional groups attached to an aromatic ring is 1. The summed E-state index contributed by atoms with van der Waals surface area (Å²) in [6, 6.07) is 1.39. The highest BCUT2D eigenvalue weighted by Gasteiger charge is 2.72. The summed E-state index contributed by atoms with van der Waals surface area (Å²) >= 11 is 0. The fourth-order valence-electron chi connectivity index (χ4n) is 6.71. The Bertz CT molecular complexity index is 1660. The number of fused-ring (bicyclic) bond motifs is 1. The number of alkyl halides is 10. The van der Waals surface area contributed by atoms with E-state index in [1.54, 1.807) is 4.90 Å². The summed E-state index contributed by atoms with van der Waals surface area (Å²) in [5.41, 5.74) is 2.31. The molecule has 4 heterocycles. The number of nitrogens with two attached hydrogens (primary N) is 2. The van der Waals surface area contributed by atoms with Gasteiger partial charge in [0.05, 0.1) is 18.0 Å². The number of hydrogen-bond donors (Lipinski definition) is 4. The molecule has 0 radical (unpaired) electrons. The third kappa shape index (κ3) is 6.37. The van der Waals surface area contributed by atoms with Crippen molar-refractivity contribution < 1.29 is 58.6 Å². The van der Waals surface area contributed by atoms with Crippen LogP contribution in [0.2, 0.25) is 0 Å². The number of carbonyl (C=O) groups excluding carboxylic acids is 2. The monoisotopic (exact) mass is 715 g/mol. The van der Waals surface area contributed by atoms with E-state index in [2.05, 4.69) is 15.4 Å². The normalized spacial score (nSPS) is 25.0. The second-order valence-electron chi connectivity index (χ2n) is 12.5. The number of amides is 1. The first-order chi connectivity index (χ1) is 22.6. The Balaban J connectivity index is 1.64. The molecule has 1 aliphatic carbocycles. The van der Waals surface area contributed by atoms with Crippen LogP contribution in [0.5, 0.6) is 0 Å². The van der Waals surface area contributed by atoms with Crippen LogP contribution < -0.4 is 16.8 Å². The Morgan fingerprint density at radius 1 is 1.04 bits per heavy atom. The molecule has 2 aliphatic heterocycles. The van der Waals surface area contributed by atoms with Gasteiger partial charge in [0.15, 0.2) is 17.0 Å². The second kappa shape index (κ2) is 12.5. The first-order valence-corrected chi connectivity index (χ1v) is 15.0. The number of nitrogens with one attached hydrogen (secondary N) is 1. The highest BCUT2D eigenvalue weighted by molar-refractivity contribution is 6.11. The van der Waals surface area contributed by atoms with Crippen LogP contribution in [0.1, 0.15) is 36.9 Å². The molecule has 2 aromatic rings. The Labute approximate surface area is 271 Å². The maximum absolute atomic E-state index is 16.5. The van der Waals surface area contributed by atoms with E-state index in [-0.39, 0.29) is 73.6 Å². The van der Waals surface area contributed by atoms with Gasteiger partial charge in [-0.15, -0.1) is 0 Å². The van der Waals surface area contributed by atoms with Gasteiger partial charge in [-0.3, -0.25) is 14.5 Å². The van der Waals surface area contributed by atoms with Crippen molar-refractivity contribution in [3.05, 3.63) is 41.4 Å². The van der Waals surface area contributed by atoms with Crippen molar-refractivity contribution in [1.82, 2.24) is 24.8 Å². The molecule has 2 fully saturated rings. The van der Waals surface area contributed by atoms with E-state index < -0.39 is 65.7 Å². The van der Waals surface area contributed by atoms with Crippen molar-refractivity contribution >= 4 is 28.6 Å². The molecule has 2 aromatic heterocycles.